The minimum Gasteiger partial charge on any atom is -0.454 e. The van der Waals surface area contributed by atoms with Gasteiger partial charge in [0, 0.05) is 18.2 Å². The van der Waals surface area contributed by atoms with Crippen LogP contribution in [0.15, 0.2) is 18.2 Å². The molecule has 0 spiro atoms. The highest BCUT2D eigenvalue weighted by atomic mass is 16.7. The van der Waals surface area contributed by atoms with E-state index in [-0.39, 0.29) is 25.0 Å². The Morgan fingerprint density at radius 2 is 2.29 bits per heavy atom. The number of carbonyl (C=O) groups excluding carboxylic acids is 1. The molecular formula is C12H12N2O3. The van der Waals surface area contributed by atoms with Gasteiger partial charge in [0.2, 0.25) is 12.7 Å². The summed E-state index contributed by atoms with van der Waals surface area (Å²) in [6.07, 6.45) is 0.185. The zero-order chi connectivity index (χ0) is 12.3. The van der Waals surface area contributed by atoms with Crippen molar-refractivity contribution in [1.29, 1.82) is 5.26 Å². The first kappa shape index (κ1) is 11.3. The van der Waals surface area contributed by atoms with E-state index < -0.39 is 0 Å². The molecule has 1 amide bonds. The minimum atomic E-state index is -0.288. The lowest BCUT2D eigenvalue weighted by Gasteiger charge is -2.06. The van der Waals surface area contributed by atoms with Crippen LogP contribution in [0.3, 0.4) is 0 Å². The molecule has 5 nitrogen and oxygen atoms in total. The van der Waals surface area contributed by atoms with Crippen LogP contribution in [0, 0.1) is 17.2 Å². The lowest BCUT2D eigenvalue weighted by Crippen LogP contribution is -2.14. The normalized spacial score (nSPS) is 13.9. The molecule has 17 heavy (non-hydrogen) atoms. The van der Waals surface area contributed by atoms with Gasteiger partial charge in [-0.05, 0) is 19.1 Å². The fourth-order valence-electron chi connectivity index (χ4n) is 1.51. The predicted octanol–water partition coefficient (Wildman–Crippen LogP) is 1.90. The summed E-state index contributed by atoms with van der Waals surface area (Å²) in [4.78, 5) is 11.5. The number of carbonyl (C=O) groups is 1. The van der Waals surface area contributed by atoms with Gasteiger partial charge in [0.1, 0.15) is 0 Å². The van der Waals surface area contributed by atoms with Crippen LogP contribution in [0.5, 0.6) is 11.5 Å². The van der Waals surface area contributed by atoms with Gasteiger partial charge in [-0.15, -0.1) is 0 Å². The fourth-order valence-corrected chi connectivity index (χ4v) is 1.51. The molecule has 1 aliphatic heterocycles. The molecule has 1 aliphatic rings. The Hall–Kier alpha value is -2.22. The molecule has 2 rings (SSSR count). The van der Waals surface area contributed by atoms with Gasteiger partial charge in [-0.1, -0.05) is 0 Å². The maximum atomic E-state index is 11.5. The van der Waals surface area contributed by atoms with Crippen molar-refractivity contribution in [3.05, 3.63) is 18.2 Å². The van der Waals surface area contributed by atoms with E-state index in [1.54, 1.807) is 25.1 Å². The molecule has 1 unspecified atom stereocenters. The largest absolute Gasteiger partial charge is 0.454 e. The van der Waals surface area contributed by atoms with Gasteiger partial charge in [0.25, 0.3) is 0 Å². The minimum absolute atomic E-state index is 0.182. The van der Waals surface area contributed by atoms with Crippen molar-refractivity contribution in [3.63, 3.8) is 0 Å². The summed E-state index contributed by atoms with van der Waals surface area (Å²) in [6.45, 7) is 1.91. The van der Waals surface area contributed by atoms with Crippen LogP contribution in [0.25, 0.3) is 0 Å². The van der Waals surface area contributed by atoms with Crippen LogP contribution in [-0.4, -0.2) is 12.7 Å². The lowest BCUT2D eigenvalue weighted by atomic mass is 10.1. The fraction of sp³-hybridized carbons (Fsp3) is 0.333. The van der Waals surface area contributed by atoms with E-state index >= 15 is 0 Å². The zero-order valence-corrected chi connectivity index (χ0v) is 9.40. The topological polar surface area (TPSA) is 71.4 Å². The molecule has 1 atom stereocenters. The molecule has 1 aromatic rings. The highest BCUT2D eigenvalue weighted by Gasteiger charge is 2.14. The molecule has 5 heteroatoms. The summed E-state index contributed by atoms with van der Waals surface area (Å²) in [5, 5.41) is 11.3. The Morgan fingerprint density at radius 1 is 1.53 bits per heavy atom. The van der Waals surface area contributed by atoms with Gasteiger partial charge in [-0.2, -0.15) is 5.26 Å². The van der Waals surface area contributed by atoms with Crippen molar-refractivity contribution >= 4 is 11.6 Å². The molecule has 1 aromatic carbocycles. The van der Waals surface area contributed by atoms with Crippen molar-refractivity contribution in [2.45, 2.75) is 13.3 Å². The molecule has 88 valence electrons. The Morgan fingerprint density at radius 3 is 3.06 bits per heavy atom. The Balaban J connectivity index is 2.00. The standard InChI is InChI=1S/C12H12N2O3/c1-8(6-13)4-12(15)14-9-2-3-10-11(5-9)17-7-16-10/h2-3,5,8H,4,7H2,1H3,(H,14,15). The van der Waals surface area contributed by atoms with Crippen LogP contribution in [0.1, 0.15) is 13.3 Å². The molecule has 1 N–H and O–H groups in total. The number of nitriles is 1. The molecule has 0 fully saturated rings. The maximum Gasteiger partial charge on any atom is 0.231 e. The van der Waals surface area contributed by atoms with E-state index in [4.69, 9.17) is 14.7 Å². The van der Waals surface area contributed by atoms with E-state index in [0.29, 0.717) is 17.2 Å². The average molecular weight is 232 g/mol. The van der Waals surface area contributed by atoms with E-state index in [0.717, 1.165) is 0 Å². The number of hydrogen-bond acceptors (Lipinski definition) is 4. The second-order valence-electron chi connectivity index (χ2n) is 3.85. The summed E-state index contributed by atoms with van der Waals surface area (Å²) in [5.74, 6) is 0.825. The predicted molar refractivity (Wildman–Crippen MR) is 60.6 cm³/mol. The van der Waals surface area contributed by atoms with Gasteiger partial charge >= 0.3 is 0 Å². The third-order valence-corrected chi connectivity index (χ3v) is 2.37. The molecule has 0 aliphatic carbocycles. The van der Waals surface area contributed by atoms with Crippen LogP contribution >= 0.6 is 0 Å². The molecule has 0 saturated carbocycles. The Bertz CT molecular complexity index is 479. The summed E-state index contributed by atoms with van der Waals surface area (Å²) in [7, 11) is 0. The molecule has 1 heterocycles. The van der Waals surface area contributed by atoms with E-state index in [1.165, 1.54) is 0 Å². The summed E-state index contributed by atoms with van der Waals surface area (Å²) >= 11 is 0. The number of fused-ring (bicyclic) bond motifs is 1. The quantitative estimate of drug-likeness (QED) is 0.864. The molecular weight excluding hydrogens is 220 g/mol. The summed E-state index contributed by atoms with van der Waals surface area (Å²) < 4.78 is 10.4. The van der Waals surface area contributed by atoms with Crippen molar-refractivity contribution in [3.8, 4) is 17.6 Å². The number of amides is 1. The van der Waals surface area contributed by atoms with Gasteiger partial charge in [-0.25, -0.2) is 0 Å². The number of hydrogen-bond donors (Lipinski definition) is 1. The van der Waals surface area contributed by atoms with Crippen molar-refractivity contribution in [1.82, 2.24) is 0 Å². The second kappa shape index (κ2) is 4.74. The number of ether oxygens (including phenoxy) is 2. The van der Waals surface area contributed by atoms with E-state index in [1.807, 2.05) is 6.07 Å². The third-order valence-electron chi connectivity index (χ3n) is 2.37. The number of nitrogens with zero attached hydrogens (tertiary/aromatic N) is 1. The number of nitrogens with one attached hydrogen (secondary N) is 1. The van der Waals surface area contributed by atoms with Gasteiger partial charge in [0.05, 0.1) is 12.0 Å². The first-order valence-corrected chi connectivity index (χ1v) is 5.28. The van der Waals surface area contributed by atoms with Crippen LogP contribution < -0.4 is 14.8 Å². The monoisotopic (exact) mass is 232 g/mol. The average Bonchev–Trinajstić information content (AvgIpc) is 2.75. The highest BCUT2D eigenvalue weighted by Crippen LogP contribution is 2.34. The Labute approximate surface area is 98.9 Å². The Kier molecular flexibility index (Phi) is 3.15. The summed E-state index contributed by atoms with van der Waals surface area (Å²) in [5.41, 5.74) is 0.643. The van der Waals surface area contributed by atoms with Gasteiger partial charge in [-0.3, -0.25) is 4.79 Å². The van der Waals surface area contributed by atoms with Crippen LogP contribution in [0.2, 0.25) is 0 Å². The first-order chi connectivity index (χ1) is 8.19. The van der Waals surface area contributed by atoms with E-state index in [2.05, 4.69) is 5.32 Å². The highest BCUT2D eigenvalue weighted by molar-refractivity contribution is 5.91. The second-order valence-corrected chi connectivity index (χ2v) is 3.85. The van der Waals surface area contributed by atoms with E-state index in [9.17, 15) is 4.79 Å². The van der Waals surface area contributed by atoms with Gasteiger partial charge < -0.3 is 14.8 Å². The van der Waals surface area contributed by atoms with Crippen molar-refractivity contribution in [2.24, 2.45) is 5.92 Å². The summed E-state index contributed by atoms with van der Waals surface area (Å²) in [6, 6.07) is 7.20. The molecule has 0 bridgehead atoms. The molecule has 0 radical (unpaired) electrons. The molecule has 0 aromatic heterocycles. The third kappa shape index (κ3) is 2.67. The van der Waals surface area contributed by atoms with Crippen LogP contribution in [-0.2, 0) is 4.79 Å². The lowest BCUT2D eigenvalue weighted by molar-refractivity contribution is -0.116. The number of anilines is 1. The molecule has 0 saturated heterocycles. The maximum absolute atomic E-state index is 11.5. The smallest absolute Gasteiger partial charge is 0.231 e. The first-order valence-electron chi connectivity index (χ1n) is 5.28. The number of rotatable bonds is 3. The van der Waals surface area contributed by atoms with Crippen molar-refractivity contribution in [2.75, 3.05) is 12.1 Å². The van der Waals surface area contributed by atoms with Crippen LogP contribution in [0.4, 0.5) is 5.69 Å². The van der Waals surface area contributed by atoms with Gasteiger partial charge in [0.15, 0.2) is 11.5 Å². The SMILES string of the molecule is CC(C#N)CC(=O)Nc1ccc2c(c1)OCO2. The van der Waals surface area contributed by atoms with Crippen molar-refractivity contribution < 1.29 is 14.3 Å². The number of benzene rings is 1. The zero-order valence-electron chi connectivity index (χ0n) is 9.40.